The zero-order chi connectivity index (χ0) is 9.84. The topological polar surface area (TPSA) is 86.6 Å². The third-order valence-electron chi connectivity index (χ3n) is 1.83. The van der Waals surface area contributed by atoms with Gasteiger partial charge in [0.05, 0.1) is 0 Å². The van der Waals surface area contributed by atoms with Gasteiger partial charge in [-0.2, -0.15) is 11.8 Å². The predicted molar refractivity (Wildman–Crippen MR) is 47.9 cm³/mol. The van der Waals surface area contributed by atoms with Crippen molar-refractivity contribution in [2.45, 2.75) is 18.5 Å². The molecule has 1 aliphatic rings. The molecule has 1 aliphatic heterocycles. The molecule has 0 aromatic carbocycles. The summed E-state index contributed by atoms with van der Waals surface area (Å²) in [6.45, 7) is 0. The molecule has 6 heteroatoms. The number of thioether (sulfide) groups is 1. The normalized spacial score (nSPS) is 29.2. The maximum Gasteiger partial charge on any atom is 0.321 e. The zero-order valence-electron chi connectivity index (χ0n) is 6.90. The second-order valence-electron chi connectivity index (χ2n) is 2.81. The van der Waals surface area contributed by atoms with Crippen molar-refractivity contribution in [2.75, 3.05) is 11.5 Å². The molecular formula is C7H11NO4S. The third kappa shape index (κ3) is 2.89. The first-order chi connectivity index (χ1) is 6.11. The van der Waals surface area contributed by atoms with E-state index in [0.717, 1.165) is 0 Å². The van der Waals surface area contributed by atoms with Crippen LogP contribution in [0, 0.1) is 0 Å². The average Bonchev–Trinajstić information content (AvgIpc) is 2.28. The van der Waals surface area contributed by atoms with Gasteiger partial charge < -0.3 is 10.2 Å². The number of hydrogen-bond donors (Lipinski definition) is 3. The van der Waals surface area contributed by atoms with Gasteiger partial charge >= 0.3 is 11.9 Å². The van der Waals surface area contributed by atoms with Crippen molar-refractivity contribution in [3.05, 3.63) is 0 Å². The van der Waals surface area contributed by atoms with Gasteiger partial charge in [0.1, 0.15) is 12.1 Å². The van der Waals surface area contributed by atoms with E-state index in [0.29, 0.717) is 17.9 Å². The Hall–Kier alpha value is -0.750. The number of rotatable bonds is 2. The lowest BCUT2D eigenvalue weighted by Crippen LogP contribution is -2.47. The molecule has 0 aromatic heterocycles. The van der Waals surface area contributed by atoms with Gasteiger partial charge in [0.15, 0.2) is 0 Å². The Labute approximate surface area is 79.5 Å². The first-order valence-corrected chi connectivity index (χ1v) is 5.06. The van der Waals surface area contributed by atoms with Crippen molar-refractivity contribution < 1.29 is 19.8 Å². The largest absolute Gasteiger partial charge is 0.480 e. The average molecular weight is 205 g/mol. The van der Waals surface area contributed by atoms with E-state index >= 15 is 0 Å². The van der Waals surface area contributed by atoms with Crippen LogP contribution in [0.5, 0.6) is 0 Å². The highest BCUT2D eigenvalue weighted by atomic mass is 32.2. The van der Waals surface area contributed by atoms with Crippen LogP contribution in [0.3, 0.4) is 0 Å². The molecule has 1 rings (SSSR count). The molecule has 13 heavy (non-hydrogen) atoms. The van der Waals surface area contributed by atoms with Gasteiger partial charge in [0.2, 0.25) is 0 Å². The van der Waals surface area contributed by atoms with Gasteiger partial charge in [-0.05, 0) is 12.2 Å². The molecule has 0 saturated carbocycles. The smallest absolute Gasteiger partial charge is 0.321 e. The molecule has 3 N–H and O–H groups in total. The fraction of sp³-hybridized carbons (Fsp3) is 0.714. The maximum atomic E-state index is 10.6. The summed E-state index contributed by atoms with van der Waals surface area (Å²) in [5.41, 5.74) is 0. The van der Waals surface area contributed by atoms with Gasteiger partial charge in [-0.25, -0.2) is 0 Å². The molecule has 2 atom stereocenters. The maximum absolute atomic E-state index is 10.6. The van der Waals surface area contributed by atoms with E-state index in [2.05, 4.69) is 5.32 Å². The van der Waals surface area contributed by atoms with Crippen LogP contribution in [0.25, 0.3) is 0 Å². The monoisotopic (exact) mass is 205 g/mol. The minimum Gasteiger partial charge on any atom is -0.480 e. The zero-order valence-corrected chi connectivity index (χ0v) is 7.71. The number of carbonyl (C=O) groups is 2. The van der Waals surface area contributed by atoms with Crippen molar-refractivity contribution in [3.63, 3.8) is 0 Å². The molecule has 1 fully saturated rings. The van der Waals surface area contributed by atoms with Crippen LogP contribution in [-0.2, 0) is 9.59 Å². The molecule has 1 heterocycles. The Morgan fingerprint density at radius 3 is 2.38 bits per heavy atom. The standard InChI is InChI=1S/C7H11NO4S/c9-6(10)4-1-2-13-3-5(8-4)7(11)12/h4-5,8H,1-3H2,(H,9,10)(H,11,12)/t4-,5-/m0/s1. The number of aliphatic carboxylic acids is 2. The van der Waals surface area contributed by atoms with Crippen LogP contribution in [0.15, 0.2) is 0 Å². The predicted octanol–water partition coefficient (Wildman–Crippen LogP) is -0.381. The molecule has 0 aliphatic carbocycles. The summed E-state index contributed by atoms with van der Waals surface area (Å²) in [5.74, 6) is -0.846. The first kappa shape index (κ1) is 10.3. The van der Waals surface area contributed by atoms with E-state index in [-0.39, 0.29) is 0 Å². The third-order valence-corrected chi connectivity index (χ3v) is 2.93. The van der Waals surface area contributed by atoms with E-state index in [9.17, 15) is 9.59 Å². The summed E-state index contributed by atoms with van der Waals surface area (Å²) < 4.78 is 0. The Balaban J connectivity index is 2.59. The van der Waals surface area contributed by atoms with Crippen molar-refractivity contribution >= 4 is 23.7 Å². The summed E-state index contributed by atoms with van der Waals surface area (Å²) in [4.78, 5) is 21.2. The molecule has 0 spiro atoms. The molecule has 0 radical (unpaired) electrons. The molecule has 1 saturated heterocycles. The molecule has 0 amide bonds. The van der Waals surface area contributed by atoms with E-state index in [1.54, 1.807) is 0 Å². The minimum absolute atomic E-state index is 0.430. The molecule has 5 nitrogen and oxygen atoms in total. The summed E-state index contributed by atoms with van der Waals surface area (Å²) in [5, 5.41) is 20.0. The Kier molecular flexibility index (Phi) is 3.56. The molecule has 0 aromatic rings. The summed E-state index contributed by atoms with van der Waals surface area (Å²) in [7, 11) is 0. The van der Waals surface area contributed by atoms with Gasteiger partial charge in [-0.3, -0.25) is 14.9 Å². The quantitative estimate of drug-likeness (QED) is 0.569. The Morgan fingerprint density at radius 2 is 1.85 bits per heavy atom. The van der Waals surface area contributed by atoms with Crippen LogP contribution in [0.2, 0.25) is 0 Å². The summed E-state index contributed by atoms with van der Waals surface area (Å²) in [6, 6.07) is -1.47. The number of carboxylic acids is 2. The fourth-order valence-corrected chi connectivity index (χ4v) is 2.16. The van der Waals surface area contributed by atoms with Crippen molar-refractivity contribution in [3.8, 4) is 0 Å². The highest BCUT2D eigenvalue weighted by Gasteiger charge is 2.28. The minimum atomic E-state index is -0.986. The van der Waals surface area contributed by atoms with E-state index in [1.807, 2.05) is 0 Å². The second-order valence-corrected chi connectivity index (χ2v) is 3.96. The molecule has 0 bridgehead atoms. The lowest BCUT2D eigenvalue weighted by atomic mass is 10.2. The fourth-order valence-electron chi connectivity index (χ4n) is 1.11. The van der Waals surface area contributed by atoms with Crippen LogP contribution in [-0.4, -0.2) is 45.7 Å². The number of nitrogens with one attached hydrogen (secondary N) is 1. The van der Waals surface area contributed by atoms with E-state index < -0.39 is 24.0 Å². The van der Waals surface area contributed by atoms with Crippen LogP contribution >= 0.6 is 11.8 Å². The highest BCUT2D eigenvalue weighted by molar-refractivity contribution is 7.99. The van der Waals surface area contributed by atoms with Gasteiger partial charge in [0.25, 0.3) is 0 Å². The van der Waals surface area contributed by atoms with Crippen molar-refractivity contribution in [1.82, 2.24) is 5.32 Å². The molecular weight excluding hydrogens is 194 g/mol. The summed E-state index contributed by atoms with van der Waals surface area (Å²) in [6.07, 6.45) is 0.476. The number of hydrogen-bond acceptors (Lipinski definition) is 4. The SMILES string of the molecule is O=C(O)[C@@H]1CCSC[C@@H](C(=O)O)N1. The van der Waals surface area contributed by atoms with Gasteiger partial charge in [-0.15, -0.1) is 0 Å². The van der Waals surface area contributed by atoms with Gasteiger partial charge in [0, 0.05) is 5.75 Å². The van der Waals surface area contributed by atoms with Crippen molar-refractivity contribution in [2.24, 2.45) is 0 Å². The lowest BCUT2D eigenvalue weighted by Gasteiger charge is -2.14. The molecule has 74 valence electrons. The first-order valence-electron chi connectivity index (χ1n) is 3.90. The van der Waals surface area contributed by atoms with E-state index in [1.165, 1.54) is 11.8 Å². The number of carboxylic acid groups (broad SMARTS) is 2. The van der Waals surface area contributed by atoms with Crippen LogP contribution in [0.4, 0.5) is 0 Å². The van der Waals surface area contributed by atoms with Crippen molar-refractivity contribution in [1.29, 1.82) is 0 Å². The van der Waals surface area contributed by atoms with Crippen LogP contribution < -0.4 is 5.32 Å². The van der Waals surface area contributed by atoms with Gasteiger partial charge in [-0.1, -0.05) is 0 Å². The highest BCUT2D eigenvalue weighted by Crippen LogP contribution is 2.13. The van der Waals surface area contributed by atoms with Crippen LogP contribution in [0.1, 0.15) is 6.42 Å². The summed E-state index contributed by atoms with van der Waals surface area (Å²) >= 11 is 1.47. The Bertz CT molecular complexity index is 199. The Morgan fingerprint density at radius 1 is 1.23 bits per heavy atom. The van der Waals surface area contributed by atoms with E-state index in [4.69, 9.17) is 10.2 Å². The second kappa shape index (κ2) is 4.48. The lowest BCUT2D eigenvalue weighted by molar-refractivity contribution is -0.142. The molecule has 0 unspecified atom stereocenters.